The van der Waals surface area contributed by atoms with E-state index in [-0.39, 0.29) is 11.8 Å². The van der Waals surface area contributed by atoms with Gasteiger partial charge in [-0.2, -0.15) is 0 Å². The molecule has 3 aromatic rings. The van der Waals surface area contributed by atoms with Gasteiger partial charge in [0.05, 0.1) is 18.2 Å². The van der Waals surface area contributed by atoms with Gasteiger partial charge in [-0.1, -0.05) is 11.6 Å². The number of carbonyl (C=O) groups excluding carboxylic acids is 1. The van der Waals surface area contributed by atoms with Crippen LogP contribution in [-0.4, -0.2) is 27.1 Å². The molecule has 0 saturated heterocycles. The van der Waals surface area contributed by atoms with Gasteiger partial charge in [0.25, 0.3) is 0 Å². The highest BCUT2D eigenvalue weighted by molar-refractivity contribution is 6.30. The summed E-state index contributed by atoms with van der Waals surface area (Å²) in [5.74, 6) is 0.305. The van der Waals surface area contributed by atoms with Crippen molar-refractivity contribution < 1.29 is 9.53 Å². The van der Waals surface area contributed by atoms with Crippen molar-refractivity contribution in [1.82, 2.24) is 14.6 Å². The highest BCUT2D eigenvalue weighted by Gasteiger charge is 2.28. The fourth-order valence-electron chi connectivity index (χ4n) is 2.98. The van der Waals surface area contributed by atoms with Gasteiger partial charge in [0, 0.05) is 16.8 Å². The quantitative estimate of drug-likeness (QED) is 0.776. The summed E-state index contributed by atoms with van der Waals surface area (Å²) in [6, 6.07) is 7.29. The Morgan fingerprint density at radius 1 is 1.42 bits per heavy atom. The van der Waals surface area contributed by atoms with Crippen LogP contribution in [0.25, 0.3) is 5.65 Å². The third kappa shape index (κ3) is 2.49. The Balaban J connectivity index is 1.69. The van der Waals surface area contributed by atoms with Crippen LogP contribution in [0, 0.1) is 6.92 Å². The molecule has 7 heteroatoms. The van der Waals surface area contributed by atoms with Crippen LogP contribution in [0.15, 0.2) is 36.8 Å². The lowest BCUT2D eigenvalue weighted by molar-refractivity contribution is -0.118. The molecule has 1 amide bonds. The van der Waals surface area contributed by atoms with Gasteiger partial charge in [-0.25, -0.2) is 0 Å². The monoisotopic (exact) mass is 342 g/mol. The van der Waals surface area contributed by atoms with Gasteiger partial charge in [-0.15, -0.1) is 10.2 Å². The molecule has 24 heavy (non-hydrogen) atoms. The summed E-state index contributed by atoms with van der Waals surface area (Å²) in [7, 11) is 0. The highest BCUT2D eigenvalue weighted by Crippen LogP contribution is 2.36. The number of rotatable bonds is 2. The average molecular weight is 343 g/mol. The number of anilines is 1. The normalized spacial score (nSPS) is 16.5. The average Bonchev–Trinajstić information content (AvgIpc) is 3.05. The molecule has 2 aromatic heterocycles. The number of aromatic nitrogens is 3. The van der Waals surface area contributed by atoms with E-state index >= 15 is 0 Å². The maximum Gasteiger partial charge on any atom is 0.232 e. The maximum absolute atomic E-state index is 12.9. The van der Waals surface area contributed by atoms with Gasteiger partial charge < -0.3 is 10.1 Å². The summed E-state index contributed by atoms with van der Waals surface area (Å²) in [5, 5.41) is 11.6. The van der Waals surface area contributed by atoms with Crippen molar-refractivity contribution in [2.75, 3.05) is 11.9 Å². The standard InChI is InChI=1S/C17H15ClN4O2/c1-10-4-6-22-9-19-21-16(22)15(10)20-17(23)12-5-7-24-14-3-2-11(18)8-13(12)14/h2-4,6,8-9,12H,5,7H2,1H3,(H,20,23). The molecule has 0 fully saturated rings. The highest BCUT2D eigenvalue weighted by atomic mass is 35.5. The minimum Gasteiger partial charge on any atom is -0.493 e. The van der Waals surface area contributed by atoms with E-state index in [2.05, 4.69) is 15.5 Å². The minimum absolute atomic E-state index is 0.0963. The number of halogens is 1. The van der Waals surface area contributed by atoms with Crippen LogP contribution in [-0.2, 0) is 4.79 Å². The number of nitrogens with one attached hydrogen (secondary N) is 1. The SMILES string of the molecule is Cc1ccn2cnnc2c1NC(=O)C1CCOc2ccc(Cl)cc21. The summed E-state index contributed by atoms with van der Waals surface area (Å²) in [4.78, 5) is 12.9. The molecule has 1 unspecified atom stereocenters. The number of nitrogens with zero attached hydrogens (tertiary/aromatic N) is 3. The number of carbonyl (C=O) groups is 1. The van der Waals surface area contributed by atoms with Crippen LogP contribution in [0.2, 0.25) is 5.02 Å². The number of benzene rings is 1. The number of fused-ring (bicyclic) bond motifs is 2. The first-order chi connectivity index (χ1) is 11.6. The first-order valence-corrected chi connectivity index (χ1v) is 8.03. The summed E-state index contributed by atoms with van der Waals surface area (Å²) >= 11 is 6.09. The molecule has 0 spiro atoms. The first kappa shape index (κ1) is 15.0. The van der Waals surface area contributed by atoms with Gasteiger partial charge in [0.15, 0.2) is 5.65 Å². The number of hydrogen-bond acceptors (Lipinski definition) is 4. The third-order valence-electron chi connectivity index (χ3n) is 4.25. The van der Waals surface area contributed by atoms with E-state index in [1.165, 1.54) is 0 Å². The van der Waals surface area contributed by atoms with Crippen molar-refractivity contribution in [2.24, 2.45) is 0 Å². The predicted molar refractivity (Wildman–Crippen MR) is 90.7 cm³/mol. The van der Waals surface area contributed by atoms with E-state index in [9.17, 15) is 4.79 Å². The minimum atomic E-state index is -0.310. The van der Waals surface area contributed by atoms with E-state index in [1.54, 1.807) is 22.9 Å². The van der Waals surface area contributed by atoms with Gasteiger partial charge in [0.1, 0.15) is 12.1 Å². The summed E-state index contributed by atoms with van der Waals surface area (Å²) in [6.07, 6.45) is 4.08. The van der Waals surface area contributed by atoms with E-state index in [1.807, 2.05) is 25.3 Å². The molecule has 4 rings (SSSR count). The number of aryl methyl sites for hydroxylation is 1. The Morgan fingerprint density at radius 3 is 3.17 bits per heavy atom. The van der Waals surface area contributed by atoms with Crippen molar-refractivity contribution in [3.63, 3.8) is 0 Å². The lowest BCUT2D eigenvalue weighted by Crippen LogP contribution is -2.27. The number of ether oxygens (including phenoxy) is 1. The van der Waals surface area contributed by atoms with E-state index in [4.69, 9.17) is 16.3 Å². The van der Waals surface area contributed by atoms with Crippen molar-refractivity contribution in [3.05, 3.63) is 52.9 Å². The molecular weight excluding hydrogens is 328 g/mol. The smallest absolute Gasteiger partial charge is 0.232 e. The van der Waals surface area contributed by atoms with Crippen molar-refractivity contribution >= 4 is 28.8 Å². The molecule has 0 bridgehead atoms. The van der Waals surface area contributed by atoms with Crippen molar-refractivity contribution in [3.8, 4) is 5.75 Å². The summed E-state index contributed by atoms with van der Waals surface area (Å²) in [5.41, 5.74) is 3.05. The van der Waals surface area contributed by atoms with Crippen LogP contribution in [0.4, 0.5) is 5.69 Å². The lowest BCUT2D eigenvalue weighted by atomic mass is 9.92. The molecule has 0 saturated carbocycles. The van der Waals surface area contributed by atoms with Gasteiger partial charge in [-0.05, 0) is 43.2 Å². The number of pyridine rings is 1. The number of amides is 1. The lowest BCUT2D eigenvalue weighted by Gasteiger charge is -2.25. The van der Waals surface area contributed by atoms with Crippen LogP contribution in [0.1, 0.15) is 23.5 Å². The first-order valence-electron chi connectivity index (χ1n) is 7.65. The van der Waals surface area contributed by atoms with Crippen LogP contribution in [0.5, 0.6) is 5.75 Å². The molecule has 122 valence electrons. The second kappa shape index (κ2) is 5.79. The molecule has 1 atom stereocenters. The second-order valence-corrected chi connectivity index (χ2v) is 6.23. The van der Waals surface area contributed by atoms with Gasteiger partial charge in [0.2, 0.25) is 5.91 Å². The molecule has 0 aliphatic carbocycles. The zero-order valence-electron chi connectivity index (χ0n) is 13.0. The zero-order valence-corrected chi connectivity index (χ0v) is 13.7. The van der Waals surface area contributed by atoms with Crippen LogP contribution < -0.4 is 10.1 Å². The second-order valence-electron chi connectivity index (χ2n) is 5.80. The van der Waals surface area contributed by atoms with Crippen molar-refractivity contribution in [2.45, 2.75) is 19.3 Å². The van der Waals surface area contributed by atoms with Gasteiger partial charge in [-0.3, -0.25) is 9.20 Å². The Kier molecular flexibility index (Phi) is 3.61. The van der Waals surface area contributed by atoms with E-state index in [0.717, 1.165) is 11.1 Å². The Bertz CT molecular complexity index is 937. The largest absolute Gasteiger partial charge is 0.493 e. The molecular formula is C17H15ClN4O2. The van der Waals surface area contributed by atoms with Crippen molar-refractivity contribution in [1.29, 1.82) is 0 Å². The van der Waals surface area contributed by atoms with Crippen LogP contribution >= 0.6 is 11.6 Å². The topological polar surface area (TPSA) is 68.5 Å². The van der Waals surface area contributed by atoms with Crippen LogP contribution in [0.3, 0.4) is 0 Å². The fourth-order valence-corrected chi connectivity index (χ4v) is 3.17. The van der Waals surface area contributed by atoms with E-state index in [0.29, 0.717) is 35.1 Å². The summed E-state index contributed by atoms with van der Waals surface area (Å²) < 4.78 is 7.40. The molecule has 1 aromatic carbocycles. The predicted octanol–water partition coefficient (Wildman–Crippen LogP) is 3.20. The maximum atomic E-state index is 12.9. The Labute approximate surface area is 143 Å². The Hall–Kier alpha value is -2.60. The van der Waals surface area contributed by atoms with Gasteiger partial charge >= 0.3 is 0 Å². The summed E-state index contributed by atoms with van der Waals surface area (Å²) in [6.45, 7) is 2.43. The molecule has 0 radical (unpaired) electrons. The molecule has 1 aliphatic heterocycles. The Morgan fingerprint density at radius 2 is 2.29 bits per heavy atom. The fraction of sp³-hybridized carbons (Fsp3) is 0.235. The molecule has 1 N–H and O–H groups in total. The third-order valence-corrected chi connectivity index (χ3v) is 4.49. The zero-order chi connectivity index (χ0) is 16.7. The molecule has 1 aliphatic rings. The van der Waals surface area contributed by atoms with E-state index < -0.39 is 0 Å². The molecule has 6 nitrogen and oxygen atoms in total. The number of hydrogen-bond donors (Lipinski definition) is 1. The molecule has 3 heterocycles.